The van der Waals surface area contributed by atoms with Crippen molar-refractivity contribution in [2.75, 3.05) is 5.32 Å². The lowest BCUT2D eigenvalue weighted by Gasteiger charge is -2.16. The van der Waals surface area contributed by atoms with Crippen LogP contribution in [0.25, 0.3) is 5.69 Å². The van der Waals surface area contributed by atoms with Crippen LogP contribution in [0.2, 0.25) is 0 Å². The number of benzene rings is 2. The van der Waals surface area contributed by atoms with Crippen molar-refractivity contribution >= 4 is 5.69 Å². The number of nitrogens with zero attached hydrogens (tertiary/aromatic N) is 3. The molecule has 0 aliphatic rings. The molecular weight excluding hydrogens is 308 g/mol. The Kier molecular flexibility index (Phi) is 4.85. The quantitative estimate of drug-likeness (QED) is 0.717. The van der Waals surface area contributed by atoms with Gasteiger partial charge in [0.1, 0.15) is 6.04 Å². The predicted octanol–water partition coefficient (Wildman–Crippen LogP) is 4.98. The van der Waals surface area contributed by atoms with Gasteiger partial charge in [-0.2, -0.15) is 5.26 Å². The number of rotatable bonds is 5. The highest BCUT2D eigenvalue weighted by molar-refractivity contribution is 5.52. The lowest BCUT2D eigenvalue weighted by atomic mass is 9.97. The molecule has 0 amide bonds. The average Bonchev–Trinajstić information content (AvgIpc) is 3.14. The molecule has 0 spiro atoms. The van der Waals surface area contributed by atoms with Gasteiger partial charge in [-0.3, -0.25) is 0 Å². The summed E-state index contributed by atoms with van der Waals surface area (Å²) in [5, 5.41) is 12.9. The molecule has 0 aliphatic heterocycles. The molecule has 0 aliphatic carbocycles. The number of anilines is 1. The van der Waals surface area contributed by atoms with E-state index in [9.17, 15) is 5.26 Å². The first-order valence-corrected chi connectivity index (χ1v) is 8.43. The molecule has 25 heavy (non-hydrogen) atoms. The minimum Gasteiger partial charge on any atom is -0.366 e. The van der Waals surface area contributed by atoms with E-state index < -0.39 is 0 Å². The third kappa shape index (κ3) is 3.72. The summed E-state index contributed by atoms with van der Waals surface area (Å²) in [5.74, 6) is 0.497. The maximum absolute atomic E-state index is 9.58. The number of hydrogen-bond donors (Lipinski definition) is 1. The van der Waals surface area contributed by atoms with E-state index >= 15 is 0 Å². The molecule has 0 saturated carbocycles. The van der Waals surface area contributed by atoms with Crippen molar-refractivity contribution < 1.29 is 0 Å². The molecule has 1 atom stereocenters. The maximum atomic E-state index is 9.58. The maximum Gasteiger partial charge on any atom is 0.140 e. The summed E-state index contributed by atoms with van der Waals surface area (Å²) >= 11 is 0. The van der Waals surface area contributed by atoms with E-state index in [1.165, 1.54) is 11.1 Å². The number of imidazole rings is 1. The average molecular weight is 330 g/mol. The van der Waals surface area contributed by atoms with Crippen LogP contribution in [-0.2, 0) is 0 Å². The predicted molar refractivity (Wildman–Crippen MR) is 101 cm³/mol. The van der Waals surface area contributed by atoms with E-state index in [0.29, 0.717) is 5.92 Å². The summed E-state index contributed by atoms with van der Waals surface area (Å²) in [6.07, 6.45) is 5.40. The van der Waals surface area contributed by atoms with Crippen molar-refractivity contribution in [1.82, 2.24) is 9.55 Å². The van der Waals surface area contributed by atoms with Crippen molar-refractivity contribution in [3.63, 3.8) is 0 Å². The Morgan fingerprint density at radius 1 is 1.12 bits per heavy atom. The minimum atomic E-state index is -0.388. The van der Waals surface area contributed by atoms with Crippen molar-refractivity contribution in [3.8, 4) is 11.8 Å². The van der Waals surface area contributed by atoms with Gasteiger partial charge in [-0.1, -0.05) is 32.0 Å². The molecule has 4 nitrogen and oxygen atoms in total. The Morgan fingerprint density at radius 2 is 1.88 bits per heavy atom. The molecule has 1 unspecified atom stereocenters. The zero-order valence-corrected chi connectivity index (χ0v) is 14.8. The van der Waals surface area contributed by atoms with E-state index in [1.807, 2.05) is 41.1 Å². The van der Waals surface area contributed by atoms with Gasteiger partial charge >= 0.3 is 0 Å². The highest BCUT2D eigenvalue weighted by Gasteiger charge is 2.12. The fourth-order valence-corrected chi connectivity index (χ4v) is 3.02. The van der Waals surface area contributed by atoms with Gasteiger partial charge in [0.2, 0.25) is 0 Å². The summed E-state index contributed by atoms with van der Waals surface area (Å²) in [6.45, 7) is 6.49. The molecule has 126 valence electrons. The standard InChI is InChI=1S/C21H22N4/c1-15(2)20-9-6-18(12-16(20)3)24-21(13-22)17-4-7-19(8-5-17)25-11-10-23-14-25/h4-12,14-15,21,24H,1-3H3. The molecule has 1 heterocycles. The first kappa shape index (κ1) is 16.8. The number of hydrogen-bond acceptors (Lipinski definition) is 3. The number of aromatic nitrogens is 2. The summed E-state index contributed by atoms with van der Waals surface area (Å²) in [5.41, 5.74) is 5.51. The lowest BCUT2D eigenvalue weighted by molar-refractivity contribution is 0.856. The Morgan fingerprint density at radius 3 is 2.44 bits per heavy atom. The largest absolute Gasteiger partial charge is 0.366 e. The van der Waals surface area contributed by atoms with Crippen LogP contribution in [0.1, 0.15) is 42.5 Å². The first-order valence-electron chi connectivity index (χ1n) is 8.43. The van der Waals surface area contributed by atoms with E-state index in [0.717, 1.165) is 16.9 Å². The number of nitriles is 1. The number of aryl methyl sites for hydroxylation is 1. The molecule has 3 aromatic rings. The molecule has 0 saturated heterocycles. The number of nitrogens with one attached hydrogen (secondary N) is 1. The summed E-state index contributed by atoms with van der Waals surface area (Å²) in [6, 6.07) is 16.2. The zero-order valence-electron chi connectivity index (χ0n) is 14.8. The Labute approximate surface area is 148 Å². The lowest BCUT2D eigenvalue weighted by Crippen LogP contribution is -2.09. The smallest absolute Gasteiger partial charge is 0.140 e. The van der Waals surface area contributed by atoms with Crippen molar-refractivity contribution in [2.24, 2.45) is 0 Å². The molecule has 3 rings (SSSR count). The third-order valence-electron chi connectivity index (χ3n) is 4.36. The molecule has 0 radical (unpaired) electrons. The Bertz CT molecular complexity index is 871. The van der Waals surface area contributed by atoms with Gasteiger partial charge in [-0.05, 0) is 53.8 Å². The van der Waals surface area contributed by atoms with Crippen LogP contribution in [0.5, 0.6) is 0 Å². The summed E-state index contributed by atoms with van der Waals surface area (Å²) in [4.78, 5) is 4.05. The van der Waals surface area contributed by atoms with Gasteiger partial charge in [0, 0.05) is 23.8 Å². The van der Waals surface area contributed by atoms with Gasteiger partial charge in [-0.25, -0.2) is 4.98 Å². The second kappa shape index (κ2) is 7.23. The van der Waals surface area contributed by atoms with Gasteiger partial charge in [0.05, 0.1) is 12.4 Å². The zero-order chi connectivity index (χ0) is 17.8. The third-order valence-corrected chi connectivity index (χ3v) is 4.36. The molecule has 1 aromatic heterocycles. The first-order chi connectivity index (χ1) is 12.1. The fraction of sp³-hybridized carbons (Fsp3) is 0.238. The normalized spacial score (nSPS) is 12.0. The molecule has 0 bridgehead atoms. The van der Waals surface area contributed by atoms with E-state index in [1.54, 1.807) is 12.5 Å². The van der Waals surface area contributed by atoms with Crippen molar-refractivity contribution in [2.45, 2.75) is 32.7 Å². The SMILES string of the molecule is Cc1cc(NC(C#N)c2ccc(-n3ccnc3)cc2)ccc1C(C)C. The van der Waals surface area contributed by atoms with Gasteiger partial charge < -0.3 is 9.88 Å². The van der Waals surface area contributed by atoms with Gasteiger partial charge in [-0.15, -0.1) is 0 Å². The van der Waals surface area contributed by atoms with Crippen molar-refractivity contribution in [1.29, 1.82) is 5.26 Å². The highest BCUT2D eigenvalue weighted by Crippen LogP contribution is 2.25. The van der Waals surface area contributed by atoms with Crippen LogP contribution in [-0.4, -0.2) is 9.55 Å². The molecule has 2 aromatic carbocycles. The minimum absolute atomic E-state index is 0.388. The van der Waals surface area contributed by atoms with E-state index in [4.69, 9.17) is 0 Å². The van der Waals surface area contributed by atoms with Crippen LogP contribution in [0.4, 0.5) is 5.69 Å². The Hall–Kier alpha value is -3.06. The second-order valence-electron chi connectivity index (χ2n) is 6.49. The second-order valence-corrected chi connectivity index (χ2v) is 6.49. The summed E-state index contributed by atoms with van der Waals surface area (Å²) in [7, 11) is 0. The highest BCUT2D eigenvalue weighted by atomic mass is 15.0. The van der Waals surface area contributed by atoms with Crippen molar-refractivity contribution in [3.05, 3.63) is 77.9 Å². The van der Waals surface area contributed by atoms with Crippen LogP contribution < -0.4 is 5.32 Å². The molecule has 0 fully saturated rings. The molecule has 4 heteroatoms. The van der Waals surface area contributed by atoms with Crippen LogP contribution in [0.3, 0.4) is 0 Å². The van der Waals surface area contributed by atoms with Gasteiger partial charge in [0.25, 0.3) is 0 Å². The van der Waals surface area contributed by atoms with Crippen LogP contribution >= 0.6 is 0 Å². The van der Waals surface area contributed by atoms with Crippen LogP contribution in [0.15, 0.2) is 61.2 Å². The van der Waals surface area contributed by atoms with E-state index in [2.05, 4.69) is 49.3 Å². The topological polar surface area (TPSA) is 53.6 Å². The monoisotopic (exact) mass is 330 g/mol. The molecule has 1 N–H and O–H groups in total. The van der Waals surface area contributed by atoms with Gasteiger partial charge in [0.15, 0.2) is 0 Å². The van der Waals surface area contributed by atoms with Crippen LogP contribution in [0, 0.1) is 18.3 Å². The Balaban J connectivity index is 1.79. The van der Waals surface area contributed by atoms with E-state index in [-0.39, 0.29) is 6.04 Å². The fourth-order valence-electron chi connectivity index (χ4n) is 3.02. The summed E-state index contributed by atoms with van der Waals surface area (Å²) < 4.78 is 1.94. The molecular formula is C21H22N4.